The zero-order valence-electron chi connectivity index (χ0n) is 9.44. The maximum atomic E-state index is 11.8. The number of urea groups is 1. The Morgan fingerprint density at radius 2 is 2.06 bits per heavy atom. The number of hydrogen-bond donors (Lipinski definition) is 2. The van der Waals surface area contributed by atoms with E-state index < -0.39 is 6.03 Å². The lowest BCUT2D eigenvalue weighted by molar-refractivity contribution is -0.125. The standard InChI is InChI=1S/C11H14BrN3O2/c1-8(16)15(7-6-13)11(17)14-10-5-3-2-4-9(10)12/h2-5H,6-7,13H2,1H3,(H,14,17). The molecule has 0 aliphatic carbocycles. The number of carbonyl (C=O) groups is 2. The Kier molecular flexibility index (Phi) is 5.11. The van der Waals surface area contributed by atoms with Crippen molar-refractivity contribution in [2.24, 2.45) is 5.73 Å². The molecule has 0 saturated heterocycles. The first-order chi connectivity index (χ1) is 8.06. The second-order valence-corrected chi connectivity index (χ2v) is 4.22. The van der Waals surface area contributed by atoms with Gasteiger partial charge in [-0.05, 0) is 28.1 Å². The summed E-state index contributed by atoms with van der Waals surface area (Å²) < 4.78 is 0.754. The summed E-state index contributed by atoms with van der Waals surface area (Å²) in [5, 5.41) is 2.64. The smallest absolute Gasteiger partial charge is 0.328 e. The van der Waals surface area contributed by atoms with Gasteiger partial charge < -0.3 is 11.1 Å². The van der Waals surface area contributed by atoms with Gasteiger partial charge >= 0.3 is 6.03 Å². The van der Waals surface area contributed by atoms with Crippen LogP contribution in [-0.4, -0.2) is 29.9 Å². The monoisotopic (exact) mass is 299 g/mol. The van der Waals surface area contributed by atoms with E-state index >= 15 is 0 Å². The summed E-state index contributed by atoms with van der Waals surface area (Å²) in [4.78, 5) is 24.1. The van der Waals surface area contributed by atoms with E-state index in [4.69, 9.17) is 5.73 Å². The number of carbonyl (C=O) groups excluding carboxylic acids is 2. The molecule has 1 rings (SSSR count). The van der Waals surface area contributed by atoms with Gasteiger partial charge in [-0.2, -0.15) is 0 Å². The quantitative estimate of drug-likeness (QED) is 0.893. The first kappa shape index (κ1) is 13.7. The third-order valence-corrected chi connectivity index (χ3v) is 2.78. The molecule has 0 atom stereocenters. The highest BCUT2D eigenvalue weighted by atomic mass is 79.9. The SMILES string of the molecule is CC(=O)N(CCN)C(=O)Nc1ccccc1Br. The van der Waals surface area contributed by atoms with Crippen LogP contribution in [0.25, 0.3) is 0 Å². The van der Waals surface area contributed by atoms with Crippen molar-refractivity contribution in [1.29, 1.82) is 0 Å². The van der Waals surface area contributed by atoms with Crippen molar-refractivity contribution in [2.75, 3.05) is 18.4 Å². The van der Waals surface area contributed by atoms with Crippen LogP contribution in [0.2, 0.25) is 0 Å². The van der Waals surface area contributed by atoms with Gasteiger partial charge in [0.1, 0.15) is 0 Å². The lowest BCUT2D eigenvalue weighted by atomic mass is 10.3. The normalized spacial score (nSPS) is 9.82. The van der Waals surface area contributed by atoms with Crippen LogP contribution in [0.4, 0.5) is 10.5 Å². The molecule has 0 unspecified atom stereocenters. The lowest BCUT2D eigenvalue weighted by Gasteiger charge is -2.19. The van der Waals surface area contributed by atoms with Gasteiger partial charge in [-0.1, -0.05) is 12.1 Å². The number of nitrogens with zero attached hydrogens (tertiary/aromatic N) is 1. The molecule has 0 aliphatic rings. The second-order valence-electron chi connectivity index (χ2n) is 3.37. The zero-order chi connectivity index (χ0) is 12.8. The van der Waals surface area contributed by atoms with Crippen molar-refractivity contribution in [2.45, 2.75) is 6.92 Å². The molecule has 0 radical (unpaired) electrons. The molecule has 0 spiro atoms. The van der Waals surface area contributed by atoms with E-state index in [0.717, 1.165) is 9.37 Å². The molecule has 0 bridgehead atoms. The fourth-order valence-electron chi connectivity index (χ4n) is 1.28. The Labute approximate surface area is 108 Å². The van der Waals surface area contributed by atoms with Gasteiger partial charge in [-0.3, -0.25) is 9.69 Å². The molecule has 0 aromatic heterocycles. The van der Waals surface area contributed by atoms with Gasteiger partial charge in [-0.25, -0.2) is 4.79 Å². The molecule has 3 N–H and O–H groups in total. The molecule has 0 fully saturated rings. The van der Waals surface area contributed by atoms with Crippen LogP contribution < -0.4 is 11.1 Å². The number of hydrogen-bond acceptors (Lipinski definition) is 3. The number of benzene rings is 1. The van der Waals surface area contributed by atoms with E-state index in [9.17, 15) is 9.59 Å². The Morgan fingerprint density at radius 1 is 1.41 bits per heavy atom. The van der Waals surface area contributed by atoms with Crippen molar-refractivity contribution in [3.63, 3.8) is 0 Å². The molecule has 0 heterocycles. The number of anilines is 1. The number of nitrogens with one attached hydrogen (secondary N) is 1. The molecule has 1 aromatic rings. The van der Waals surface area contributed by atoms with Crippen LogP contribution in [0, 0.1) is 0 Å². The van der Waals surface area contributed by atoms with Gasteiger partial charge in [0.25, 0.3) is 0 Å². The van der Waals surface area contributed by atoms with E-state index in [1.807, 2.05) is 6.07 Å². The third kappa shape index (κ3) is 3.83. The van der Waals surface area contributed by atoms with Crippen LogP contribution in [0.5, 0.6) is 0 Å². The first-order valence-electron chi connectivity index (χ1n) is 5.10. The number of rotatable bonds is 3. The van der Waals surface area contributed by atoms with Crippen LogP contribution in [0.1, 0.15) is 6.92 Å². The fourth-order valence-corrected chi connectivity index (χ4v) is 1.66. The van der Waals surface area contributed by atoms with Crippen LogP contribution >= 0.6 is 15.9 Å². The van der Waals surface area contributed by atoms with E-state index in [0.29, 0.717) is 5.69 Å². The summed E-state index contributed by atoms with van der Waals surface area (Å²) in [7, 11) is 0. The highest BCUT2D eigenvalue weighted by Gasteiger charge is 2.17. The van der Waals surface area contributed by atoms with Crippen molar-refractivity contribution in [1.82, 2.24) is 4.90 Å². The van der Waals surface area contributed by atoms with E-state index in [1.165, 1.54) is 6.92 Å². The number of amides is 3. The topological polar surface area (TPSA) is 75.4 Å². The zero-order valence-corrected chi connectivity index (χ0v) is 11.0. The van der Waals surface area contributed by atoms with Crippen molar-refractivity contribution < 1.29 is 9.59 Å². The van der Waals surface area contributed by atoms with Crippen molar-refractivity contribution in [3.05, 3.63) is 28.7 Å². The minimum Gasteiger partial charge on any atom is -0.329 e. The van der Waals surface area contributed by atoms with Crippen LogP contribution in [-0.2, 0) is 4.79 Å². The maximum absolute atomic E-state index is 11.8. The minimum atomic E-state index is -0.477. The number of halogens is 1. The average molecular weight is 300 g/mol. The van der Waals surface area contributed by atoms with E-state index in [-0.39, 0.29) is 19.0 Å². The molecule has 6 heteroatoms. The Hall–Kier alpha value is -1.40. The summed E-state index contributed by atoms with van der Waals surface area (Å²) >= 11 is 3.31. The highest BCUT2D eigenvalue weighted by Crippen LogP contribution is 2.21. The first-order valence-corrected chi connectivity index (χ1v) is 5.89. The predicted octanol–water partition coefficient (Wildman–Crippen LogP) is 1.79. The number of para-hydroxylation sites is 1. The number of nitrogens with two attached hydrogens (primary N) is 1. The summed E-state index contributed by atoms with van der Waals surface area (Å²) in [5.41, 5.74) is 5.96. The minimum absolute atomic E-state index is 0.200. The fraction of sp³-hybridized carbons (Fsp3) is 0.273. The van der Waals surface area contributed by atoms with Crippen molar-refractivity contribution >= 4 is 33.6 Å². The predicted molar refractivity (Wildman–Crippen MR) is 69.6 cm³/mol. The molecule has 1 aromatic carbocycles. The molecular formula is C11H14BrN3O2. The summed E-state index contributed by atoms with van der Waals surface area (Å²) in [5.74, 6) is -0.333. The van der Waals surface area contributed by atoms with Gasteiger partial charge in [0.2, 0.25) is 5.91 Å². The second kappa shape index (κ2) is 6.36. The largest absolute Gasteiger partial charge is 0.329 e. The number of imide groups is 1. The summed E-state index contributed by atoms with van der Waals surface area (Å²) in [6.45, 7) is 1.77. The third-order valence-electron chi connectivity index (χ3n) is 2.09. The Balaban J connectivity index is 2.77. The summed E-state index contributed by atoms with van der Waals surface area (Å²) in [6, 6.07) is 6.69. The Morgan fingerprint density at radius 3 is 2.59 bits per heavy atom. The van der Waals surface area contributed by atoms with Crippen molar-refractivity contribution in [3.8, 4) is 0 Å². The molecule has 92 valence electrons. The van der Waals surface area contributed by atoms with Gasteiger partial charge in [0.15, 0.2) is 0 Å². The van der Waals surface area contributed by atoms with E-state index in [1.54, 1.807) is 18.2 Å². The molecule has 0 aliphatic heterocycles. The van der Waals surface area contributed by atoms with Gasteiger partial charge in [0.05, 0.1) is 5.69 Å². The molecule has 17 heavy (non-hydrogen) atoms. The van der Waals surface area contributed by atoms with E-state index in [2.05, 4.69) is 21.2 Å². The van der Waals surface area contributed by atoms with Gasteiger partial charge in [0, 0.05) is 24.5 Å². The molecule has 3 amide bonds. The van der Waals surface area contributed by atoms with Crippen LogP contribution in [0.15, 0.2) is 28.7 Å². The Bertz CT molecular complexity index is 423. The molecular weight excluding hydrogens is 286 g/mol. The highest BCUT2D eigenvalue weighted by molar-refractivity contribution is 9.10. The molecule has 0 saturated carbocycles. The summed E-state index contributed by atoms with van der Waals surface area (Å²) in [6.07, 6.45) is 0. The maximum Gasteiger partial charge on any atom is 0.328 e. The van der Waals surface area contributed by atoms with Crippen LogP contribution in [0.3, 0.4) is 0 Å². The van der Waals surface area contributed by atoms with Gasteiger partial charge in [-0.15, -0.1) is 0 Å². The average Bonchev–Trinajstić information content (AvgIpc) is 2.28. The molecule has 5 nitrogen and oxygen atoms in total. The lowest BCUT2D eigenvalue weighted by Crippen LogP contribution is -2.41.